The third-order valence-corrected chi connectivity index (χ3v) is 6.85. The quantitative estimate of drug-likeness (QED) is 0.219. The fourth-order valence-electron chi connectivity index (χ4n) is 3.77. The number of esters is 1. The second kappa shape index (κ2) is 11.2. The molecule has 2 heterocycles. The second-order valence-corrected chi connectivity index (χ2v) is 9.05. The van der Waals surface area contributed by atoms with E-state index in [9.17, 15) is 24.5 Å². The Hall–Kier alpha value is -3.90. The normalized spacial score (nSPS) is 18.7. The number of nitro groups is 1. The summed E-state index contributed by atoms with van der Waals surface area (Å²) >= 11 is 1.41. The lowest BCUT2D eigenvalue weighted by Crippen LogP contribution is -2.71. The Balaban J connectivity index is 1.39. The maximum Gasteiger partial charge on any atom is 0.355 e. The molecule has 2 aromatic rings. The third kappa shape index (κ3) is 5.50. The standard InChI is InChI=1S/C24H23N3O8S/c1-33-12-16-14-36-23-20(25-19(28)13-34-18-5-3-2-4-6-18)22(29)26(23)21(16)24(30)35-11-15-7-9-17(10-8-15)27(31)32/h2-10,20,23H,11-14H2,1H3,(H,25,28)/t20?,23-/m1/s1. The van der Waals surface area contributed by atoms with E-state index in [0.29, 0.717) is 22.6 Å². The Bertz CT molecular complexity index is 1190. The third-order valence-electron chi connectivity index (χ3n) is 5.51. The number of carbonyl (C=O) groups is 3. The van der Waals surface area contributed by atoms with Crippen LogP contribution in [0.25, 0.3) is 0 Å². The van der Waals surface area contributed by atoms with Gasteiger partial charge < -0.3 is 19.5 Å². The van der Waals surface area contributed by atoms with Crippen molar-refractivity contribution in [3.8, 4) is 5.75 Å². The molecule has 0 bridgehead atoms. The van der Waals surface area contributed by atoms with Crippen LogP contribution in [-0.2, 0) is 30.5 Å². The van der Waals surface area contributed by atoms with Gasteiger partial charge in [-0.3, -0.25) is 24.6 Å². The van der Waals surface area contributed by atoms with Crippen LogP contribution < -0.4 is 10.1 Å². The lowest BCUT2D eigenvalue weighted by Gasteiger charge is -2.49. The van der Waals surface area contributed by atoms with E-state index in [1.807, 2.05) is 6.07 Å². The number of benzene rings is 2. The molecule has 0 radical (unpaired) electrons. The highest BCUT2D eigenvalue weighted by atomic mass is 32.2. The number of rotatable bonds is 10. The van der Waals surface area contributed by atoms with Gasteiger partial charge in [0.1, 0.15) is 29.5 Å². The molecule has 2 amide bonds. The first-order valence-electron chi connectivity index (χ1n) is 10.9. The maximum atomic E-state index is 13.0. The number of hydrogen-bond donors (Lipinski definition) is 1. The van der Waals surface area contributed by atoms with Gasteiger partial charge in [-0.25, -0.2) is 4.79 Å². The van der Waals surface area contributed by atoms with Crippen LogP contribution in [0.1, 0.15) is 5.56 Å². The van der Waals surface area contributed by atoms with E-state index in [1.54, 1.807) is 24.3 Å². The van der Waals surface area contributed by atoms with E-state index in [0.717, 1.165) is 0 Å². The predicted molar refractivity (Wildman–Crippen MR) is 129 cm³/mol. The van der Waals surface area contributed by atoms with Gasteiger partial charge in [-0.05, 0) is 35.4 Å². The Morgan fingerprint density at radius 1 is 1.14 bits per heavy atom. The van der Waals surface area contributed by atoms with Crippen LogP contribution in [-0.4, -0.2) is 65.1 Å². The Labute approximate surface area is 210 Å². The molecule has 11 nitrogen and oxygen atoms in total. The van der Waals surface area contributed by atoms with Gasteiger partial charge in [0.25, 0.3) is 17.5 Å². The number of methoxy groups -OCH3 is 1. The molecule has 0 saturated carbocycles. The largest absolute Gasteiger partial charge is 0.484 e. The molecule has 2 aliphatic rings. The van der Waals surface area contributed by atoms with Crippen molar-refractivity contribution in [3.05, 3.63) is 81.5 Å². The summed E-state index contributed by atoms with van der Waals surface area (Å²) in [7, 11) is 1.48. The molecule has 1 fully saturated rings. The lowest BCUT2D eigenvalue weighted by molar-refractivity contribution is -0.384. The minimum atomic E-state index is -0.802. The number of nitro benzene ring substituents is 1. The minimum absolute atomic E-state index is 0.0734. The van der Waals surface area contributed by atoms with Crippen molar-refractivity contribution in [1.29, 1.82) is 0 Å². The number of nitrogens with zero attached hydrogens (tertiary/aromatic N) is 2. The van der Waals surface area contributed by atoms with Gasteiger partial charge in [0, 0.05) is 25.0 Å². The molecule has 4 rings (SSSR count). The summed E-state index contributed by atoms with van der Waals surface area (Å²) in [6, 6.07) is 13.7. The Morgan fingerprint density at radius 3 is 2.53 bits per heavy atom. The Morgan fingerprint density at radius 2 is 1.86 bits per heavy atom. The molecular weight excluding hydrogens is 490 g/mol. The van der Waals surface area contributed by atoms with Crippen LogP contribution in [0.15, 0.2) is 65.9 Å². The zero-order chi connectivity index (χ0) is 25.7. The molecule has 36 heavy (non-hydrogen) atoms. The van der Waals surface area contributed by atoms with Gasteiger partial charge in [0.2, 0.25) is 0 Å². The summed E-state index contributed by atoms with van der Waals surface area (Å²) in [5.74, 6) is -0.651. The SMILES string of the molecule is COCC1=C(C(=O)OCc2ccc([N+](=O)[O-])cc2)N2C(=O)C(NC(=O)COc3ccccc3)[C@H]2SC1. The van der Waals surface area contributed by atoms with Crippen molar-refractivity contribution in [1.82, 2.24) is 10.2 Å². The van der Waals surface area contributed by atoms with Crippen molar-refractivity contribution < 1.29 is 33.5 Å². The molecule has 188 valence electrons. The Kier molecular flexibility index (Phi) is 7.86. The number of para-hydroxylation sites is 1. The van der Waals surface area contributed by atoms with Gasteiger partial charge in [0.15, 0.2) is 6.61 Å². The van der Waals surface area contributed by atoms with Crippen LogP contribution in [0.2, 0.25) is 0 Å². The van der Waals surface area contributed by atoms with Crippen LogP contribution in [0.3, 0.4) is 0 Å². The molecule has 2 aromatic carbocycles. The molecular formula is C24H23N3O8S. The highest BCUT2D eigenvalue weighted by Crippen LogP contribution is 2.40. The summed E-state index contributed by atoms with van der Waals surface area (Å²) in [6.45, 7) is -0.245. The number of hydrogen-bond acceptors (Lipinski definition) is 9. The van der Waals surface area contributed by atoms with Crippen LogP contribution in [0.5, 0.6) is 5.75 Å². The zero-order valence-electron chi connectivity index (χ0n) is 19.2. The number of non-ortho nitro benzene ring substituents is 1. The predicted octanol–water partition coefficient (Wildman–Crippen LogP) is 2.02. The van der Waals surface area contributed by atoms with E-state index in [4.69, 9.17) is 14.2 Å². The average Bonchev–Trinajstić information content (AvgIpc) is 2.89. The lowest BCUT2D eigenvalue weighted by atomic mass is 10.0. The molecule has 1 unspecified atom stereocenters. The number of ether oxygens (including phenoxy) is 3. The second-order valence-electron chi connectivity index (χ2n) is 7.94. The van der Waals surface area contributed by atoms with Crippen molar-refractivity contribution in [2.24, 2.45) is 0 Å². The van der Waals surface area contributed by atoms with Crippen molar-refractivity contribution >= 4 is 35.2 Å². The molecule has 0 aromatic heterocycles. The van der Waals surface area contributed by atoms with Gasteiger partial charge >= 0.3 is 5.97 Å². The van der Waals surface area contributed by atoms with Gasteiger partial charge in [-0.1, -0.05) is 18.2 Å². The fraction of sp³-hybridized carbons (Fsp3) is 0.292. The highest BCUT2D eigenvalue weighted by Gasteiger charge is 2.54. The number of thioether (sulfide) groups is 1. The summed E-state index contributed by atoms with van der Waals surface area (Å²) in [5.41, 5.74) is 1.18. The topological polar surface area (TPSA) is 137 Å². The molecule has 0 aliphatic carbocycles. The highest BCUT2D eigenvalue weighted by molar-refractivity contribution is 8.00. The number of fused-ring (bicyclic) bond motifs is 1. The monoisotopic (exact) mass is 513 g/mol. The maximum absolute atomic E-state index is 13.0. The smallest absolute Gasteiger partial charge is 0.355 e. The first kappa shape index (κ1) is 25.2. The van der Waals surface area contributed by atoms with E-state index in [1.165, 1.54) is 48.0 Å². The van der Waals surface area contributed by atoms with Gasteiger partial charge in [-0.2, -0.15) is 0 Å². The van der Waals surface area contributed by atoms with E-state index in [-0.39, 0.29) is 31.2 Å². The van der Waals surface area contributed by atoms with Crippen molar-refractivity contribution in [3.63, 3.8) is 0 Å². The molecule has 1 saturated heterocycles. The van der Waals surface area contributed by atoms with Crippen molar-refractivity contribution in [2.75, 3.05) is 26.1 Å². The molecule has 0 spiro atoms. The van der Waals surface area contributed by atoms with Crippen molar-refractivity contribution in [2.45, 2.75) is 18.0 Å². The number of nitrogens with one attached hydrogen (secondary N) is 1. The van der Waals surface area contributed by atoms with Crippen LogP contribution in [0, 0.1) is 10.1 Å². The van der Waals surface area contributed by atoms with E-state index in [2.05, 4.69) is 5.32 Å². The minimum Gasteiger partial charge on any atom is -0.484 e. The summed E-state index contributed by atoms with van der Waals surface area (Å²) in [5, 5.41) is 13.0. The molecule has 2 atom stereocenters. The summed E-state index contributed by atoms with van der Waals surface area (Å²) in [4.78, 5) is 49.9. The summed E-state index contributed by atoms with van der Waals surface area (Å²) < 4.78 is 16.0. The fourth-order valence-corrected chi connectivity index (χ4v) is 5.10. The number of amides is 2. The number of β-lactam (4-membered cyclic amide) rings is 1. The van der Waals surface area contributed by atoms with Crippen LogP contribution >= 0.6 is 11.8 Å². The molecule has 1 N–H and O–H groups in total. The first-order valence-corrected chi connectivity index (χ1v) is 12.0. The number of carbonyl (C=O) groups excluding carboxylic acids is 3. The average molecular weight is 514 g/mol. The molecule has 2 aliphatic heterocycles. The first-order chi connectivity index (χ1) is 17.4. The van der Waals surface area contributed by atoms with Gasteiger partial charge in [-0.15, -0.1) is 11.8 Å². The summed E-state index contributed by atoms with van der Waals surface area (Å²) in [6.07, 6.45) is 0. The zero-order valence-corrected chi connectivity index (χ0v) is 20.1. The van der Waals surface area contributed by atoms with Crippen LogP contribution in [0.4, 0.5) is 5.69 Å². The van der Waals surface area contributed by atoms with Gasteiger partial charge in [0.05, 0.1) is 11.5 Å². The van der Waals surface area contributed by atoms with E-state index >= 15 is 0 Å². The van der Waals surface area contributed by atoms with E-state index < -0.39 is 34.1 Å². The molecule has 12 heteroatoms.